The molecule has 32 heavy (non-hydrogen) atoms. The van der Waals surface area contributed by atoms with Crippen LogP contribution in [0.4, 0.5) is 0 Å². The van der Waals surface area contributed by atoms with Crippen molar-refractivity contribution in [2.24, 2.45) is 5.73 Å². The molecule has 2 aromatic carbocycles. The molecule has 0 saturated carbocycles. The van der Waals surface area contributed by atoms with E-state index < -0.39 is 12.0 Å². The highest BCUT2D eigenvalue weighted by atomic mass is 16.5. The molecule has 4 rings (SSSR count). The molecule has 0 fully saturated rings. The van der Waals surface area contributed by atoms with Gasteiger partial charge in [-0.3, -0.25) is 9.78 Å². The Hall–Kier alpha value is -3.42. The van der Waals surface area contributed by atoms with Crippen LogP contribution in [0.5, 0.6) is 11.5 Å². The number of primary amides is 1. The lowest BCUT2D eigenvalue weighted by Gasteiger charge is -2.27. The van der Waals surface area contributed by atoms with Crippen LogP contribution in [0.25, 0.3) is 11.1 Å². The molecule has 0 aliphatic carbocycles. The molecular weight excluding hydrogens is 406 g/mol. The number of aryl methyl sites for hydroxylation is 1. The molecule has 7 heteroatoms. The lowest BCUT2D eigenvalue weighted by atomic mass is 9.97. The van der Waals surface area contributed by atoms with Gasteiger partial charge >= 0.3 is 0 Å². The molecule has 7 nitrogen and oxygen atoms in total. The van der Waals surface area contributed by atoms with Gasteiger partial charge in [0.25, 0.3) is 5.91 Å². The van der Waals surface area contributed by atoms with E-state index >= 15 is 0 Å². The number of nitrogens with one attached hydrogen (secondary N) is 1. The van der Waals surface area contributed by atoms with E-state index in [1.807, 2.05) is 48.5 Å². The van der Waals surface area contributed by atoms with E-state index in [0.717, 1.165) is 41.0 Å². The number of hydrogen-bond donors (Lipinski definition) is 3. The van der Waals surface area contributed by atoms with Gasteiger partial charge in [-0.05, 0) is 65.9 Å². The van der Waals surface area contributed by atoms with Gasteiger partial charge < -0.3 is 25.6 Å². The molecule has 0 radical (unpaired) electrons. The molecule has 166 valence electrons. The van der Waals surface area contributed by atoms with Crippen molar-refractivity contribution < 1.29 is 19.4 Å². The topological polar surface area (TPSA) is 107 Å². The quantitative estimate of drug-likeness (QED) is 0.479. The number of aliphatic hydroxyl groups excluding tert-OH is 1. The number of rotatable bonds is 9. The van der Waals surface area contributed by atoms with E-state index in [-0.39, 0.29) is 18.4 Å². The van der Waals surface area contributed by atoms with Crippen molar-refractivity contribution in [3.63, 3.8) is 0 Å². The number of para-hydroxylation sites is 1. The first-order valence-electron chi connectivity index (χ1n) is 10.7. The Morgan fingerprint density at radius 3 is 2.81 bits per heavy atom. The maximum atomic E-state index is 11.4. The van der Waals surface area contributed by atoms with Crippen molar-refractivity contribution in [2.75, 3.05) is 19.7 Å². The number of carbonyl (C=O) groups excluding carboxylic acids is 1. The number of pyridine rings is 1. The van der Waals surface area contributed by atoms with E-state index in [1.54, 1.807) is 12.3 Å². The van der Waals surface area contributed by atoms with Crippen molar-refractivity contribution in [2.45, 2.75) is 25.0 Å². The van der Waals surface area contributed by atoms with Crippen molar-refractivity contribution in [1.29, 1.82) is 0 Å². The van der Waals surface area contributed by atoms with Crippen LogP contribution < -0.4 is 20.5 Å². The summed E-state index contributed by atoms with van der Waals surface area (Å²) >= 11 is 0. The predicted octanol–water partition coefficient (Wildman–Crippen LogP) is 2.57. The fourth-order valence-corrected chi connectivity index (χ4v) is 3.69. The smallest absolute Gasteiger partial charge is 0.267 e. The third-order valence-corrected chi connectivity index (χ3v) is 5.37. The van der Waals surface area contributed by atoms with Gasteiger partial charge in [0.05, 0.1) is 0 Å². The van der Waals surface area contributed by atoms with Gasteiger partial charge in [0.1, 0.15) is 36.0 Å². The van der Waals surface area contributed by atoms with Crippen molar-refractivity contribution >= 4 is 5.91 Å². The summed E-state index contributed by atoms with van der Waals surface area (Å²) in [5, 5.41) is 13.4. The molecule has 2 atom stereocenters. The molecule has 4 N–H and O–H groups in total. The molecule has 1 amide bonds. The van der Waals surface area contributed by atoms with Crippen molar-refractivity contribution in [3.8, 4) is 22.6 Å². The fraction of sp³-hybridized carbons (Fsp3) is 0.280. The summed E-state index contributed by atoms with van der Waals surface area (Å²) in [7, 11) is 0. The van der Waals surface area contributed by atoms with Gasteiger partial charge in [-0.2, -0.15) is 0 Å². The summed E-state index contributed by atoms with van der Waals surface area (Å²) in [6, 6.07) is 19.0. The first-order valence-corrected chi connectivity index (χ1v) is 10.7. The molecule has 1 aliphatic heterocycles. The van der Waals surface area contributed by atoms with Gasteiger partial charge in [0.2, 0.25) is 0 Å². The zero-order valence-corrected chi connectivity index (χ0v) is 17.7. The van der Waals surface area contributed by atoms with E-state index in [4.69, 9.17) is 15.2 Å². The molecule has 3 aromatic rings. The van der Waals surface area contributed by atoms with E-state index in [2.05, 4.69) is 16.4 Å². The molecule has 1 aliphatic rings. The van der Waals surface area contributed by atoms with Crippen LogP contribution in [0.15, 0.2) is 66.9 Å². The van der Waals surface area contributed by atoms with Crippen LogP contribution in [-0.4, -0.2) is 47.9 Å². The van der Waals surface area contributed by atoms with Crippen LogP contribution in [0, 0.1) is 0 Å². The van der Waals surface area contributed by atoms with Crippen molar-refractivity contribution in [3.05, 3.63) is 78.1 Å². The van der Waals surface area contributed by atoms with Crippen LogP contribution >= 0.6 is 0 Å². The molecule has 2 unspecified atom stereocenters. The molecule has 0 bridgehead atoms. The van der Waals surface area contributed by atoms with Crippen LogP contribution in [0.2, 0.25) is 0 Å². The van der Waals surface area contributed by atoms with E-state index in [0.29, 0.717) is 13.1 Å². The number of nitrogens with two attached hydrogens (primary N) is 1. The lowest BCUT2D eigenvalue weighted by Crippen LogP contribution is -2.39. The highest BCUT2D eigenvalue weighted by molar-refractivity contribution is 5.92. The van der Waals surface area contributed by atoms with Crippen LogP contribution in [0.1, 0.15) is 22.5 Å². The second-order valence-corrected chi connectivity index (χ2v) is 7.83. The SMILES string of the molecule is NC(=O)c1cc(-c2ccc3c(c2)CCC(CNCC(O)COc2ccccc2)O3)ccn1. The Kier molecular flexibility index (Phi) is 6.99. The van der Waals surface area contributed by atoms with Crippen molar-refractivity contribution in [1.82, 2.24) is 10.3 Å². The number of benzene rings is 2. The third kappa shape index (κ3) is 5.63. The van der Waals surface area contributed by atoms with E-state index in [9.17, 15) is 9.90 Å². The second-order valence-electron chi connectivity index (χ2n) is 7.83. The number of amides is 1. The van der Waals surface area contributed by atoms with Gasteiger partial charge in [-0.1, -0.05) is 24.3 Å². The average Bonchev–Trinajstić information content (AvgIpc) is 2.83. The van der Waals surface area contributed by atoms with Gasteiger partial charge in [0, 0.05) is 19.3 Å². The summed E-state index contributed by atoms with van der Waals surface area (Å²) in [5.74, 6) is 1.07. The monoisotopic (exact) mass is 433 g/mol. The van der Waals surface area contributed by atoms with Crippen LogP contribution in [0.3, 0.4) is 0 Å². The predicted molar refractivity (Wildman–Crippen MR) is 122 cm³/mol. The summed E-state index contributed by atoms with van der Waals surface area (Å²) in [5.41, 5.74) is 8.61. The zero-order valence-electron chi connectivity index (χ0n) is 17.7. The van der Waals surface area contributed by atoms with Gasteiger partial charge in [-0.25, -0.2) is 0 Å². The minimum absolute atomic E-state index is 0.0398. The van der Waals surface area contributed by atoms with Gasteiger partial charge in [0.15, 0.2) is 0 Å². The minimum atomic E-state index is -0.598. The Morgan fingerprint density at radius 1 is 1.19 bits per heavy atom. The normalized spacial score (nSPS) is 16.0. The number of aromatic nitrogens is 1. The average molecular weight is 434 g/mol. The highest BCUT2D eigenvalue weighted by Crippen LogP contribution is 2.32. The highest BCUT2D eigenvalue weighted by Gasteiger charge is 2.20. The Balaban J connectivity index is 1.27. The van der Waals surface area contributed by atoms with Crippen LogP contribution in [-0.2, 0) is 6.42 Å². The number of ether oxygens (including phenoxy) is 2. The standard InChI is InChI=1S/C25H27N3O4/c26-25(30)23-13-18(10-11-28-23)17-7-9-24-19(12-17)6-8-22(32-24)15-27-14-20(29)16-31-21-4-2-1-3-5-21/h1-5,7,9-13,20,22,27,29H,6,8,14-16H2,(H2,26,30). The Bertz CT molecular complexity index is 1060. The molecular formula is C25H27N3O4. The van der Waals surface area contributed by atoms with Gasteiger partial charge in [-0.15, -0.1) is 0 Å². The number of hydrogen-bond acceptors (Lipinski definition) is 6. The molecule has 0 saturated heterocycles. The van der Waals surface area contributed by atoms with E-state index in [1.165, 1.54) is 0 Å². The first kappa shape index (κ1) is 21.8. The Labute approximate surface area is 187 Å². The number of nitrogens with zero attached hydrogens (tertiary/aromatic N) is 1. The maximum Gasteiger partial charge on any atom is 0.267 e. The lowest BCUT2D eigenvalue weighted by molar-refractivity contribution is 0.0993. The second kappa shape index (κ2) is 10.3. The Morgan fingerprint density at radius 2 is 2.00 bits per heavy atom. The zero-order chi connectivity index (χ0) is 22.3. The molecule has 1 aromatic heterocycles. The third-order valence-electron chi connectivity index (χ3n) is 5.37. The summed E-state index contributed by atoms with van der Waals surface area (Å²) in [6.45, 7) is 1.32. The summed E-state index contributed by atoms with van der Waals surface area (Å²) in [4.78, 5) is 15.4. The molecule has 2 heterocycles. The molecule has 0 spiro atoms. The largest absolute Gasteiger partial charge is 0.491 e. The minimum Gasteiger partial charge on any atom is -0.491 e. The fourth-order valence-electron chi connectivity index (χ4n) is 3.69. The number of carbonyl (C=O) groups is 1. The number of fused-ring (bicyclic) bond motifs is 1. The number of aliphatic hydroxyl groups is 1. The summed E-state index contributed by atoms with van der Waals surface area (Å²) in [6.07, 6.45) is 2.80. The first-order chi connectivity index (χ1) is 15.6. The summed E-state index contributed by atoms with van der Waals surface area (Å²) < 4.78 is 11.7. The maximum absolute atomic E-state index is 11.4.